The van der Waals surface area contributed by atoms with Gasteiger partial charge in [0.2, 0.25) is 0 Å². The van der Waals surface area contributed by atoms with Crippen LogP contribution in [0.2, 0.25) is 0 Å². The van der Waals surface area contributed by atoms with Crippen LogP contribution in [0.4, 0.5) is 0 Å². The van der Waals surface area contributed by atoms with Crippen LogP contribution in [-0.2, 0) is 0 Å². The SMILES string of the molecule is NC1(CNC(=O)c2ccsc2)CCC1. The summed E-state index contributed by atoms with van der Waals surface area (Å²) >= 11 is 1.53. The van der Waals surface area contributed by atoms with E-state index in [0.717, 1.165) is 18.4 Å². The van der Waals surface area contributed by atoms with Gasteiger partial charge >= 0.3 is 0 Å². The number of hydrogen-bond acceptors (Lipinski definition) is 3. The normalized spacial score (nSPS) is 18.6. The van der Waals surface area contributed by atoms with E-state index in [1.54, 1.807) is 0 Å². The first-order valence-corrected chi connectivity index (χ1v) is 5.73. The smallest absolute Gasteiger partial charge is 0.252 e. The number of nitrogens with one attached hydrogen (secondary N) is 1. The van der Waals surface area contributed by atoms with Crippen molar-refractivity contribution in [2.24, 2.45) is 5.73 Å². The van der Waals surface area contributed by atoms with Crippen LogP contribution in [0.5, 0.6) is 0 Å². The van der Waals surface area contributed by atoms with Crippen molar-refractivity contribution in [2.75, 3.05) is 6.54 Å². The van der Waals surface area contributed by atoms with Gasteiger partial charge in [0.15, 0.2) is 0 Å². The molecule has 76 valence electrons. The molecule has 14 heavy (non-hydrogen) atoms. The van der Waals surface area contributed by atoms with Crippen molar-refractivity contribution in [3.63, 3.8) is 0 Å². The van der Waals surface area contributed by atoms with Crippen LogP contribution in [0.15, 0.2) is 16.8 Å². The summed E-state index contributed by atoms with van der Waals surface area (Å²) in [7, 11) is 0. The Hall–Kier alpha value is -0.870. The number of carbonyl (C=O) groups excluding carboxylic acids is 1. The van der Waals surface area contributed by atoms with Gasteiger partial charge in [-0.1, -0.05) is 0 Å². The van der Waals surface area contributed by atoms with Gasteiger partial charge in [-0.3, -0.25) is 4.79 Å². The molecular formula is C10H14N2OS. The van der Waals surface area contributed by atoms with Gasteiger partial charge in [0.1, 0.15) is 0 Å². The maximum atomic E-state index is 11.5. The summed E-state index contributed by atoms with van der Waals surface area (Å²) in [6.07, 6.45) is 3.23. The average molecular weight is 210 g/mol. The van der Waals surface area contributed by atoms with Gasteiger partial charge in [-0.25, -0.2) is 0 Å². The highest BCUT2D eigenvalue weighted by molar-refractivity contribution is 7.08. The summed E-state index contributed by atoms with van der Waals surface area (Å²) in [5.74, 6) is -0.0111. The van der Waals surface area contributed by atoms with Crippen molar-refractivity contribution in [2.45, 2.75) is 24.8 Å². The third-order valence-corrected chi connectivity index (χ3v) is 3.42. The molecule has 0 atom stereocenters. The molecule has 0 aliphatic heterocycles. The maximum Gasteiger partial charge on any atom is 0.252 e. The molecule has 3 nitrogen and oxygen atoms in total. The highest BCUT2D eigenvalue weighted by Gasteiger charge is 2.32. The molecule has 1 fully saturated rings. The average Bonchev–Trinajstić information content (AvgIpc) is 2.63. The molecule has 0 aromatic carbocycles. The van der Waals surface area contributed by atoms with Gasteiger partial charge in [0, 0.05) is 23.0 Å². The second-order valence-corrected chi connectivity index (χ2v) is 4.69. The molecule has 1 aromatic heterocycles. The van der Waals surface area contributed by atoms with E-state index in [0.29, 0.717) is 6.54 Å². The minimum absolute atomic E-state index is 0.0111. The highest BCUT2D eigenvalue weighted by atomic mass is 32.1. The van der Waals surface area contributed by atoms with Crippen molar-refractivity contribution in [3.8, 4) is 0 Å². The van der Waals surface area contributed by atoms with E-state index in [9.17, 15) is 4.79 Å². The maximum absolute atomic E-state index is 11.5. The molecule has 0 bridgehead atoms. The van der Waals surface area contributed by atoms with Crippen molar-refractivity contribution < 1.29 is 4.79 Å². The van der Waals surface area contributed by atoms with E-state index in [1.807, 2.05) is 16.8 Å². The third kappa shape index (κ3) is 1.96. The molecule has 1 saturated carbocycles. The predicted octanol–water partition coefficient (Wildman–Crippen LogP) is 1.36. The summed E-state index contributed by atoms with van der Waals surface area (Å²) in [4.78, 5) is 11.5. The van der Waals surface area contributed by atoms with Crippen molar-refractivity contribution in [3.05, 3.63) is 22.4 Å². The van der Waals surface area contributed by atoms with Gasteiger partial charge < -0.3 is 11.1 Å². The lowest BCUT2D eigenvalue weighted by Crippen LogP contribution is -2.54. The van der Waals surface area contributed by atoms with Gasteiger partial charge in [0.25, 0.3) is 5.91 Å². The minimum Gasteiger partial charge on any atom is -0.350 e. The van der Waals surface area contributed by atoms with Gasteiger partial charge in [-0.05, 0) is 30.7 Å². The van der Waals surface area contributed by atoms with E-state index in [2.05, 4.69) is 5.32 Å². The molecule has 1 heterocycles. The number of nitrogens with two attached hydrogens (primary N) is 1. The molecule has 4 heteroatoms. The first-order chi connectivity index (χ1) is 6.70. The van der Waals surface area contributed by atoms with Gasteiger partial charge in [-0.15, -0.1) is 0 Å². The lowest BCUT2D eigenvalue weighted by atomic mass is 9.78. The first-order valence-electron chi connectivity index (χ1n) is 4.79. The van der Waals surface area contributed by atoms with Crippen LogP contribution >= 0.6 is 11.3 Å². The van der Waals surface area contributed by atoms with E-state index in [4.69, 9.17) is 5.73 Å². The Morgan fingerprint density at radius 3 is 2.93 bits per heavy atom. The molecule has 1 aliphatic carbocycles. The van der Waals surface area contributed by atoms with Crippen LogP contribution < -0.4 is 11.1 Å². The van der Waals surface area contributed by atoms with Crippen LogP contribution in [-0.4, -0.2) is 18.0 Å². The van der Waals surface area contributed by atoms with Gasteiger partial charge in [0.05, 0.1) is 0 Å². The number of rotatable bonds is 3. The Labute approximate surface area is 87.3 Å². The Morgan fingerprint density at radius 2 is 2.43 bits per heavy atom. The lowest BCUT2D eigenvalue weighted by Gasteiger charge is -2.38. The Bertz CT molecular complexity index is 317. The van der Waals surface area contributed by atoms with Crippen molar-refractivity contribution in [1.29, 1.82) is 0 Å². The molecule has 0 radical (unpaired) electrons. The van der Waals surface area contributed by atoms with Crippen LogP contribution in [0.3, 0.4) is 0 Å². The molecule has 0 unspecified atom stereocenters. The van der Waals surface area contributed by atoms with Crippen molar-refractivity contribution >= 4 is 17.2 Å². The fraction of sp³-hybridized carbons (Fsp3) is 0.500. The number of hydrogen-bond donors (Lipinski definition) is 2. The summed E-state index contributed by atoms with van der Waals surface area (Å²) < 4.78 is 0. The lowest BCUT2D eigenvalue weighted by molar-refractivity contribution is 0.0930. The monoisotopic (exact) mass is 210 g/mol. The number of thiophene rings is 1. The summed E-state index contributed by atoms with van der Waals surface area (Å²) in [6, 6.07) is 1.82. The van der Waals surface area contributed by atoms with E-state index in [1.165, 1.54) is 17.8 Å². The molecule has 2 rings (SSSR count). The van der Waals surface area contributed by atoms with Crippen LogP contribution in [0.1, 0.15) is 29.6 Å². The topological polar surface area (TPSA) is 55.1 Å². The molecule has 1 aromatic rings. The fourth-order valence-corrected chi connectivity index (χ4v) is 2.20. The molecule has 3 N–H and O–H groups in total. The zero-order valence-corrected chi connectivity index (χ0v) is 8.77. The van der Waals surface area contributed by atoms with E-state index < -0.39 is 0 Å². The Morgan fingerprint density at radius 1 is 1.64 bits per heavy atom. The fourth-order valence-electron chi connectivity index (χ4n) is 1.56. The summed E-state index contributed by atoms with van der Waals surface area (Å²) in [5, 5.41) is 6.62. The second kappa shape index (κ2) is 3.71. The number of amides is 1. The molecule has 1 amide bonds. The second-order valence-electron chi connectivity index (χ2n) is 3.91. The molecular weight excluding hydrogens is 196 g/mol. The Kier molecular flexibility index (Phi) is 2.56. The predicted molar refractivity (Wildman–Crippen MR) is 57.4 cm³/mol. The summed E-state index contributed by atoms with van der Waals surface area (Å²) in [6.45, 7) is 0.599. The molecule has 1 aliphatic rings. The van der Waals surface area contributed by atoms with Crippen molar-refractivity contribution in [1.82, 2.24) is 5.32 Å². The van der Waals surface area contributed by atoms with E-state index >= 15 is 0 Å². The Balaban J connectivity index is 1.84. The summed E-state index contributed by atoms with van der Waals surface area (Å²) in [5.41, 5.74) is 6.59. The minimum atomic E-state index is -0.133. The van der Waals surface area contributed by atoms with Crippen LogP contribution in [0.25, 0.3) is 0 Å². The molecule has 0 spiro atoms. The number of carbonyl (C=O) groups is 1. The third-order valence-electron chi connectivity index (χ3n) is 2.73. The zero-order chi connectivity index (χ0) is 10.0. The molecule has 0 saturated heterocycles. The standard InChI is InChI=1S/C10H14N2OS/c11-10(3-1-4-10)7-12-9(13)8-2-5-14-6-8/h2,5-6H,1,3-4,7,11H2,(H,12,13). The van der Waals surface area contributed by atoms with E-state index in [-0.39, 0.29) is 11.4 Å². The zero-order valence-electron chi connectivity index (χ0n) is 7.95. The van der Waals surface area contributed by atoms with Crippen LogP contribution in [0, 0.1) is 0 Å². The highest BCUT2D eigenvalue weighted by Crippen LogP contribution is 2.28. The first kappa shape index (κ1) is 9.68. The van der Waals surface area contributed by atoms with Gasteiger partial charge in [-0.2, -0.15) is 11.3 Å². The largest absolute Gasteiger partial charge is 0.350 e. The quantitative estimate of drug-likeness (QED) is 0.791.